The van der Waals surface area contributed by atoms with Crippen LogP contribution in [0.5, 0.6) is 0 Å². The van der Waals surface area contributed by atoms with E-state index in [0.29, 0.717) is 10.3 Å². The summed E-state index contributed by atoms with van der Waals surface area (Å²) in [5, 5.41) is 10.1. The van der Waals surface area contributed by atoms with E-state index >= 15 is 0 Å². The Morgan fingerprint density at radius 3 is 2.76 bits per heavy atom. The van der Waals surface area contributed by atoms with Gasteiger partial charge < -0.3 is 5.11 Å². The van der Waals surface area contributed by atoms with Gasteiger partial charge in [-0.3, -0.25) is 0 Å². The molecule has 3 aromatic rings. The van der Waals surface area contributed by atoms with Gasteiger partial charge in [-0.2, -0.15) is 0 Å². The molecule has 0 amide bonds. The van der Waals surface area contributed by atoms with Crippen molar-refractivity contribution in [1.29, 1.82) is 0 Å². The molecule has 0 aliphatic carbocycles. The molecule has 3 rings (SSSR count). The molecule has 7 heteroatoms. The van der Waals surface area contributed by atoms with Crippen molar-refractivity contribution in [2.75, 3.05) is 6.61 Å². The van der Waals surface area contributed by atoms with Crippen LogP contribution in [0, 0.1) is 11.6 Å². The van der Waals surface area contributed by atoms with Crippen molar-refractivity contribution < 1.29 is 16.6 Å². The number of fused-ring (bicyclic) bond motifs is 1. The quantitative estimate of drug-likeness (QED) is 0.638. The van der Waals surface area contributed by atoms with Crippen molar-refractivity contribution in [3.63, 3.8) is 0 Å². The van der Waals surface area contributed by atoms with Gasteiger partial charge >= 0.3 is 0 Å². The van der Waals surface area contributed by atoms with Crippen LogP contribution in [0.4, 0.5) is 8.78 Å². The Bertz CT molecular complexity index is 1050. The maximum atomic E-state index is 14.5. The highest BCUT2D eigenvalue weighted by Gasteiger charge is 2.25. The SMILES string of the molecule is [2H]c1nc([2H])c2cc(Cl)c(-c3ccc(F)cc3F)c(SC(C)(C)CO)c2n1. The average Bonchev–Trinajstić information content (AvgIpc) is 2.57. The molecule has 2 aromatic carbocycles. The van der Waals surface area contributed by atoms with Gasteiger partial charge in [0.05, 0.1) is 18.5 Å². The lowest BCUT2D eigenvalue weighted by molar-refractivity contribution is 0.265. The van der Waals surface area contributed by atoms with E-state index in [1.54, 1.807) is 13.8 Å². The van der Waals surface area contributed by atoms with Crippen LogP contribution in [0.25, 0.3) is 22.0 Å². The largest absolute Gasteiger partial charge is 0.395 e. The minimum absolute atomic E-state index is 0.0659. The molecule has 1 heterocycles. The summed E-state index contributed by atoms with van der Waals surface area (Å²) in [5.74, 6) is -1.52. The number of nitrogens with zero attached hydrogens (tertiary/aromatic N) is 2. The fourth-order valence-electron chi connectivity index (χ4n) is 2.32. The summed E-state index contributed by atoms with van der Waals surface area (Å²) in [6.45, 7) is 3.36. The second kappa shape index (κ2) is 6.86. The molecule has 0 radical (unpaired) electrons. The first kappa shape index (κ1) is 15.5. The second-order valence-corrected chi connectivity index (χ2v) is 8.16. The molecule has 130 valence electrons. The number of thioether (sulfide) groups is 1. The summed E-state index contributed by atoms with van der Waals surface area (Å²) in [5.41, 5.74) is 0.594. The summed E-state index contributed by atoms with van der Waals surface area (Å²) < 4.78 is 42.9. The zero-order chi connectivity index (χ0) is 19.9. The van der Waals surface area contributed by atoms with Crippen LogP contribution in [-0.2, 0) is 0 Å². The standard InChI is InChI=1S/C18H15ClF2N2OS/c1-18(2,8-24)25-17-15(12-4-3-11(20)6-14(12)21)13(19)5-10-7-22-9-23-16(10)17/h3-7,9,24H,8H2,1-2H3/i7D,9D. The molecule has 0 bridgehead atoms. The molecule has 1 N–H and O–H groups in total. The average molecular weight is 383 g/mol. The Morgan fingerprint density at radius 1 is 1.32 bits per heavy atom. The Hall–Kier alpha value is -1.76. The molecule has 0 spiro atoms. The number of hydrogen-bond acceptors (Lipinski definition) is 4. The van der Waals surface area contributed by atoms with E-state index < -0.39 is 16.4 Å². The van der Waals surface area contributed by atoms with Gasteiger partial charge in [0.15, 0.2) is 0 Å². The fourth-order valence-corrected chi connectivity index (χ4v) is 3.88. The molecule has 25 heavy (non-hydrogen) atoms. The molecule has 0 saturated heterocycles. The van der Waals surface area contributed by atoms with E-state index in [4.69, 9.17) is 14.3 Å². The first-order chi connectivity index (χ1) is 12.6. The lowest BCUT2D eigenvalue weighted by Gasteiger charge is -2.24. The van der Waals surface area contributed by atoms with Crippen molar-refractivity contribution in [3.05, 3.63) is 53.4 Å². The first-order valence-corrected chi connectivity index (χ1v) is 8.55. The van der Waals surface area contributed by atoms with Crippen LogP contribution in [-0.4, -0.2) is 26.4 Å². The summed E-state index contributed by atoms with van der Waals surface area (Å²) in [6, 6.07) is 4.59. The number of aliphatic hydroxyl groups is 1. The second-order valence-electron chi connectivity index (χ2n) is 6.04. The highest BCUT2D eigenvalue weighted by molar-refractivity contribution is 8.01. The zero-order valence-corrected chi connectivity index (χ0v) is 15.0. The van der Waals surface area contributed by atoms with Crippen molar-refractivity contribution >= 4 is 34.3 Å². The van der Waals surface area contributed by atoms with Crippen LogP contribution in [0.3, 0.4) is 0 Å². The van der Waals surface area contributed by atoms with Gasteiger partial charge in [-0.1, -0.05) is 11.6 Å². The number of aliphatic hydroxyl groups excluding tert-OH is 1. The third kappa shape index (κ3) is 3.61. The normalized spacial score (nSPS) is 13.0. The molecule has 0 aliphatic rings. The highest BCUT2D eigenvalue weighted by atomic mass is 35.5. The first-order valence-electron chi connectivity index (χ1n) is 8.35. The summed E-state index contributed by atoms with van der Waals surface area (Å²) in [4.78, 5) is 8.22. The Kier molecular flexibility index (Phi) is 4.25. The van der Waals surface area contributed by atoms with E-state index in [1.165, 1.54) is 23.9 Å². The Labute approximate surface area is 155 Å². The highest BCUT2D eigenvalue weighted by Crippen LogP contribution is 2.46. The Morgan fingerprint density at radius 2 is 2.08 bits per heavy atom. The predicted octanol–water partition coefficient (Wildman–Crippen LogP) is 5.09. The van der Waals surface area contributed by atoms with E-state index in [-0.39, 0.29) is 40.7 Å². The van der Waals surface area contributed by atoms with Crippen LogP contribution >= 0.6 is 23.4 Å². The molecular weight excluding hydrogens is 366 g/mol. The van der Waals surface area contributed by atoms with Crippen LogP contribution in [0.1, 0.15) is 16.6 Å². The lowest BCUT2D eigenvalue weighted by atomic mass is 10.0. The van der Waals surface area contributed by atoms with Gasteiger partial charge in [-0.15, -0.1) is 11.8 Å². The molecule has 0 saturated carbocycles. The lowest BCUT2D eigenvalue weighted by Crippen LogP contribution is -2.20. The van der Waals surface area contributed by atoms with Crippen molar-refractivity contribution in [3.8, 4) is 11.1 Å². The van der Waals surface area contributed by atoms with Gasteiger partial charge in [-0.05, 0) is 32.0 Å². The summed E-state index contributed by atoms with van der Waals surface area (Å²) in [7, 11) is 0. The van der Waals surface area contributed by atoms with Crippen molar-refractivity contribution in [2.24, 2.45) is 0 Å². The smallest absolute Gasteiger partial charge is 0.134 e. The van der Waals surface area contributed by atoms with E-state index in [9.17, 15) is 13.9 Å². The minimum Gasteiger partial charge on any atom is -0.395 e. The molecule has 0 unspecified atom stereocenters. The van der Waals surface area contributed by atoms with Gasteiger partial charge in [0.2, 0.25) is 0 Å². The molecule has 0 aliphatic heterocycles. The number of aromatic nitrogens is 2. The maximum Gasteiger partial charge on any atom is 0.134 e. The molecule has 1 aromatic heterocycles. The molecule has 0 fully saturated rings. The topological polar surface area (TPSA) is 46.0 Å². The van der Waals surface area contributed by atoms with E-state index in [0.717, 1.165) is 12.1 Å². The van der Waals surface area contributed by atoms with Crippen LogP contribution in [0.2, 0.25) is 5.02 Å². The van der Waals surface area contributed by atoms with Crippen LogP contribution < -0.4 is 0 Å². The fraction of sp³-hybridized carbons (Fsp3) is 0.222. The van der Waals surface area contributed by atoms with E-state index in [1.807, 2.05) is 0 Å². The number of halogens is 3. The predicted molar refractivity (Wildman–Crippen MR) is 96.9 cm³/mol. The van der Waals surface area contributed by atoms with Crippen LogP contribution in [0.15, 0.2) is 41.6 Å². The molecule has 3 nitrogen and oxygen atoms in total. The van der Waals surface area contributed by atoms with E-state index in [2.05, 4.69) is 9.97 Å². The number of rotatable bonds is 4. The van der Waals surface area contributed by atoms with Gasteiger partial charge in [0.25, 0.3) is 0 Å². The van der Waals surface area contributed by atoms with Gasteiger partial charge in [-0.25, -0.2) is 18.7 Å². The van der Waals surface area contributed by atoms with Crippen molar-refractivity contribution in [2.45, 2.75) is 23.5 Å². The third-order valence-electron chi connectivity index (χ3n) is 3.55. The molecular formula is C18H15ClF2N2OS. The van der Waals surface area contributed by atoms with Gasteiger partial charge in [0, 0.05) is 38.4 Å². The maximum absolute atomic E-state index is 14.5. The minimum atomic E-state index is -0.800. The zero-order valence-electron chi connectivity index (χ0n) is 15.4. The molecule has 0 atom stereocenters. The summed E-state index contributed by atoms with van der Waals surface area (Å²) >= 11 is 7.61. The number of hydrogen-bond donors (Lipinski definition) is 1. The number of benzene rings is 2. The Balaban J connectivity index is 2.43. The monoisotopic (exact) mass is 382 g/mol. The van der Waals surface area contributed by atoms with Gasteiger partial charge in [0.1, 0.15) is 19.3 Å². The van der Waals surface area contributed by atoms with Crippen molar-refractivity contribution in [1.82, 2.24) is 9.97 Å². The third-order valence-corrected chi connectivity index (χ3v) is 5.14. The summed E-state index contributed by atoms with van der Waals surface area (Å²) in [6.07, 6.45) is -0.536.